The summed E-state index contributed by atoms with van der Waals surface area (Å²) < 4.78 is 56.2. The zero-order valence-electron chi connectivity index (χ0n) is 20.4. The van der Waals surface area contributed by atoms with E-state index in [0.29, 0.717) is 32.4 Å². The molecule has 1 N–H and O–H groups in total. The molecule has 0 radical (unpaired) electrons. The van der Waals surface area contributed by atoms with Crippen molar-refractivity contribution in [1.29, 1.82) is 10.5 Å². The number of aryl methyl sites for hydroxylation is 1. The molecule has 3 aromatic carbocycles. The molecule has 2 heterocycles. The van der Waals surface area contributed by atoms with Gasteiger partial charge in [0.2, 0.25) is 11.8 Å². The topological polar surface area (TPSA) is 143 Å². The minimum Gasteiger partial charge on any atom is -0.406 e. The molecular weight excluding hydrogens is 554 g/mol. The van der Waals surface area contributed by atoms with E-state index in [9.17, 15) is 27.7 Å². The lowest BCUT2D eigenvalue weighted by Crippen LogP contribution is -2.16. The van der Waals surface area contributed by atoms with Crippen LogP contribution < -0.4 is 10.1 Å². The van der Waals surface area contributed by atoms with Crippen molar-refractivity contribution in [2.24, 2.45) is 7.05 Å². The summed E-state index contributed by atoms with van der Waals surface area (Å²) in [5.41, 5.74) is 2.09. The van der Waals surface area contributed by atoms with E-state index in [2.05, 4.69) is 26.1 Å². The highest BCUT2D eigenvalue weighted by Crippen LogP contribution is 2.33. The Morgan fingerprint density at radius 1 is 1.07 bits per heavy atom. The third-order valence-corrected chi connectivity index (χ3v) is 6.44. The average Bonchev–Trinajstić information content (AvgIpc) is 3.42. The molecule has 0 aliphatic carbocycles. The molecule has 40 heavy (non-hydrogen) atoms. The van der Waals surface area contributed by atoms with Crippen molar-refractivity contribution >= 4 is 49.4 Å². The van der Waals surface area contributed by atoms with Gasteiger partial charge in [-0.3, -0.25) is 10.1 Å². The minimum atomic E-state index is -4.74. The van der Waals surface area contributed by atoms with Crippen LogP contribution in [0.3, 0.4) is 0 Å². The summed E-state index contributed by atoms with van der Waals surface area (Å²) in [7, 11) is 1.81. The van der Waals surface area contributed by atoms with Gasteiger partial charge < -0.3 is 14.6 Å². The van der Waals surface area contributed by atoms with Crippen LogP contribution in [-0.2, 0) is 7.05 Å². The maximum absolute atomic E-state index is 12.9. The molecule has 15 heteroatoms. The van der Waals surface area contributed by atoms with Crippen LogP contribution in [0, 0.1) is 45.5 Å². The normalized spacial score (nSPS) is 10.9. The van der Waals surface area contributed by atoms with E-state index in [-0.39, 0.29) is 16.9 Å². The second-order valence-corrected chi connectivity index (χ2v) is 9.10. The fourth-order valence-electron chi connectivity index (χ4n) is 3.64. The number of halogens is 4. The molecule has 2 aromatic heterocycles. The lowest BCUT2D eigenvalue weighted by atomic mass is 10.1. The van der Waals surface area contributed by atoms with Crippen LogP contribution in [0.4, 0.5) is 34.3 Å². The van der Waals surface area contributed by atoms with Crippen LogP contribution in [-0.4, -0.2) is 25.8 Å². The summed E-state index contributed by atoms with van der Waals surface area (Å²) in [6, 6.07) is 15.1. The van der Waals surface area contributed by atoms with E-state index in [1.54, 1.807) is 28.8 Å². The number of aromatic nitrogens is 3. The lowest BCUT2D eigenvalue weighted by Gasteiger charge is -2.07. The highest BCUT2D eigenvalue weighted by molar-refractivity contribution is 7.22. The van der Waals surface area contributed by atoms with Crippen molar-refractivity contribution in [3.05, 3.63) is 81.2 Å². The van der Waals surface area contributed by atoms with Gasteiger partial charge in [-0.05, 0) is 49.4 Å². The maximum atomic E-state index is 12.9. The Kier molecular flexibility index (Phi) is 7.52. The number of hydrogen-bond acceptors (Lipinski definition) is 9. The van der Waals surface area contributed by atoms with Gasteiger partial charge in [-0.15, -0.1) is 13.2 Å². The second kappa shape index (κ2) is 10.8. The molecule has 0 amide bonds. The zero-order valence-corrected chi connectivity index (χ0v) is 21.3. The number of nitrogens with one attached hydrogen (secondary N) is 1. The summed E-state index contributed by atoms with van der Waals surface area (Å²) in [6.07, 6.45) is -4.74. The van der Waals surface area contributed by atoms with Crippen LogP contribution in [0.25, 0.3) is 21.3 Å². The smallest absolute Gasteiger partial charge is 0.406 e. The van der Waals surface area contributed by atoms with Gasteiger partial charge in [-0.1, -0.05) is 11.3 Å². The number of nitriles is 2. The van der Waals surface area contributed by atoms with Gasteiger partial charge in [0.1, 0.15) is 5.75 Å². The van der Waals surface area contributed by atoms with Gasteiger partial charge in [-0.25, -0.2) is 9.97 Å². The number of hydrogen-bond donors (Lipinski definition) is 1. The number of thiazole rings is 1. The van der Waals surface area contributed by atoms with Crippen LogP contribution in [0.5, 0.6) is 5.75 Å². The van der Waals surface area contributed by atoms with Gasteiger partial charge in [0.05, 0.1) is 49.4 Å². The number of fused-ring (bicyclic) bond motifs is 2. The first-order valence-electron chi connectivity index (χ1n) is 11.0. The third kappa shape index (κ3) is 5.90. The minimum absolute atomic E-state index is 0.0625. The largest absolute Gasteiger partial charge is 0.573 e. The number of ether oxygens (including phenoxy) is 1. The number of rotatable bonds is 4. The number of anilines is 2. The summed E-state index contributed by atoms with van der Waals surface area (Å²) in [5, 5.41) is 31.4. The average molecular weight is 570 g/mol. The molecule has 5 rings (SSSR count). The van der Waals surface area contributed by atoms with Gasteiger partial charge in [-0.2, -0.15) is 14.9 Å². The van der Waals surface area contributed by atoms with E-state index in [1.807, 2.05) is 7.05 Å². The molecule has 0 unspecified atom stereocenters. The van der Waals surface area contributed by atoms with Crippen molar-refractivity contribution in [2.75, 3.05) is 5.32 Å². The third-order valence-electron chi connectivity index (χ3n) is 5.51. The number of nitro groups is 1. The molecule has 5 aromatic rings. The molecule has 0 aliphatic rings. The Bertz CT molecular complexity index is 1850. The molecule has 0 aliphatic heterocycles. The number of nitrogens with zero attached hydrogens (tertiary/aromatic N) is 6. The Morgan fingerprint density at radius 3 is 2.48 bits per heavy atom. The van der Waals surface area contributed by atoms with Crippen LogP contribution >= 0.6 is 11.3 Å². The van der Waals surface area contributed by atoms with Crippen LogP contribution in [0.2, 0.25) is 0 Å². The van der Waals surface area contributed by atoms with Crippen LogP contribution in [0.15, 0.2) is 48.5 Å². The van der Waals surface area contributed by atoms with Crippen molar-refractivity contribution < 1.29 is 27.2 Å². The second-order valence-electron chi connectivity index (χ2n) is 8.07. The maximum Gasteiger partial charge on any atom is 0.573 e. The molecule has 0 bridgehead atoms. The van der Waals surface area contributed by atoms with E-state index in [0.717, 1.165) is 11.6 Å². The fourth-order valence-corrected chi connectivity index (χ4v) is 4.53. The van der Waals surface area contributed by atoms with Gasteiger partial charge in [0, 0.05) is 18.7 Å². The predicted octanol–water partition coefficient (Wildman–Crippen LogP) is 6.61. The summed E-state index contributed by atoms with van der Waals surface area (Å²) in [6.45, 7) is 1.35. The first-order chi connectivity index (χ1) is 18.9. The summed E-state index contributed by atoms with van der Waals surface area (Å²) >= 11 is 1.18. The van der Waals surface area contributed by atoms with E-state index in [4.69, 9.17) is 10.5 Å². The van der Waals surface area contributed by atoms with E-state index < -0.39 is 22.8 Å². The summed E-state index contributed by atoms with van der Waals surface area (Å²) in [4.78, 5) is 18.3. The molecule has 0 saturated heterocycles. The zero-order chi connectivity index (χ0) is 29.2. The molecule has 0 saturated carbocycles. The molecule has 0 fully saturated rings. The molecular formula is C25H15F4N7O3S. The highest BCUT2D eigenvalue weighted by atomic mass is 32.1. The Labute approximate surface area is 226 Å². The molecule has 0 spiro atoms. The van der Waals surface area contributed by atoms with Crippen molar-refractivity contribution in [3.63, 3.8) is 0 Å². The first-order valence-corrected chi connectivity index (χ1v) is 11.9. The predicted molar refractivity (Wildman–Crippen MR) is 138 cm³/mol. The first kappa shape index (κ1) is 27.7. The van der Waals surface area contributed by atoms with Crippen molar-refractivity contribution in [3.8, 4) is 17.9 Å². The van der Waals surface area contributed by atoms with E-state index >= 15 is 0 Å². The number of alkyl halides is 3. The van der Waals surface area contributed by atoms with Gasteiger partial charge >= 0.3 is 12.0 Å². The van der Waals surface area contributed by atoms with Crippen molar-refractivity contribution in [1.82, 2.24) is 14.5 Å². The number of benzene rings is 3. The molecule has 202 valence electrons. The fraction of sp³-hybridized carbons (Fsp3) is 0.120. The Balaban J connectivity index is 0.000000240. The molecule has 10 nitrogen and oxygen atoms in total. The quantitative estimate of drug-likeness (QED) is 0.145. The SMILES string of the molecule is Cc1c(C#N)ccc(F)c1[N+](=O)[O-].Cn1c(Nc2nc3ccc(OC(F)(F)F)cc3s2)nc2cc(C#N)ccc21. The highest BCUT2D eigenvalue weighted by Gasteiger charge is 2.31. The Hall–Kier alpha value is -5.28. The van der Waals surface area contributed by atoms with Gasteiger partial charge in [0.15, 0.2) is 5.13 Å². The Morgan fingerprint density at radius 2 is 1.82 bits per heavy atom. The van der Waals surface area contributed by atoms with Crippen LogP contribution in [0.1, 0.15) is 16.7 Å². The summed E-state index contributed by atoms with van der Waals surface area (Å²) in [5.74, 6) is -0.704. The molecule has 0 atom stereocenters. The monoisotopic (exact) mass is 569 g/mol. The standard InChI is InChI=1S/C17H10F3N5OS.C8H5FN2O2/c1-25-13-5-2-9(8-21)6-12(13)22-15(25)24-16-23-11-4-3-10(7-14(11)27-16)26-17(18,19)20;1-5-6(4-10)2-3-7(9)8(5)11(12)13/h2-7H,1H3,(H,22,23,24);2-3H,1H3. The van der Waals surface area contributed by atoms with Crippen molar-refractivity contribution in [2.45, 2.75) is 13.3 Å². The number of imidazole rings is 1. The number of nitro benzene ring substituents is 1. The lowest BCUT2D eigenvalue weighted by molar-refractivity contribution is -0.388. The van der Waals surface area contributed by atoms with Gasteiger partial charge in [0.25, 0.3) is 0 Å². The van der Waals surface area contributed by atoms with E-state index in [1.165, 1.54) is 42.5 Å².